The summed E-state index contributed by atoms with van der Waals surface area (Å²) in [7, 11) is 0. The van der Waals surface area contributed by atoms with Gasteiger partial charge in [0.05, 0.1) is 5.92 Å². The number of carbonyl (C=O) groups is 2. The Labute approximate surface area is 197 Å². The molecule has 3 aromatic rings. The van der Waals surface area contributed by atoms with Gasteiger partial charge in [0.15, 0.2) is 0 Å². The van der Waals surface area contributed by atoms with E-state index in [2.05, 4.69) is 0 Å². The van der Waals surface area contributed by atoms with Crippen molar-refractivity contribution in [2.75, 3.05) is 4.90 Å². The van der Waals surface area contributed by atoms with E-state index in [-0.39, 0.29) is 17.9 Å². The van der Waals surface area contributed by atoms with Crippen LogP contribution in [0.15, 0.2) is 72.8 Å². The highest BCUT2D eigenvalue weighted by Gasteiger charge is 2.46. The van der Waals surface area contributed by atoms with Crippen LogP contribution in [0.5, 0.6) is 5.75 Å². The maximum Gasteiger partial charge on any atom is 0.306 e. The van der Waals surface area contributed by atoms with Crippen molar-refractivity contribution >= 4 is 29.2 Å². The van der Waals surface area contributed by atoms with Gasteiger partial charge in [-0.1, -0.05) is 41.9 Å². The Bertz CT molecular complexity index is 1180. The average molecular weight is 462 g/mol. The smallest absolute Gasteiger partial charge is 0.306 e. The highest BCUT2D eigenvalue weighted by molar-refractivity contribution is 6.30. The number of nitrogens with zero attached hydrogens (tertiary/aromatic N) is 1. The SMILES string of the molecule is O=C(O)C1CCC2C(C1)c1cc(OCc3ccccc3)ccc1N2C(=O)c1ccc(Cl)cc1. The van der Waals surface area contributed by atoms with Gasteiger partial charge in [-0.3, -0.25) is 9.59 Å². The van der Waals surface area contributed by atoms with Crippen molar-refractivity contribution < 1.29 is 19.4 Å². The Morgan fingerprint density at radius 1 is 1.00 bits per heavy atom. The molecular formula is C27H24ClNO4. The number of fused-ring (bicyclic) bond motifs is 3. The van der Waals surface area contributed by atoms with Crippen molar-refractivity contribution in [1.29, 1.82) is 0 Å². The third-order valence-electron chi connectivity index (χ3n) is 6.71. The molecule has 5 nitrogen and oxygen atoms in total. The quantitative estimate of drug-likeness (QED) is 0.512. The standard InChI is InChI=1S/C27H24ClNO4/c28-20-9-6-18(7-10-20)26(30)29-24-12-8-19(27(31)32)14-22(24)23-15-21(11-13-25(23)29)33-16-17-4-2-1-3-5-17/h1-7,9-11,13,15,19,22,24H,8,12,14,16H2,(H,31,32). The van der Waals surface area contributed by atoms with Gasteiger partial charge in [0, 0.05) is 28.2 Å². The molecule has 0 saturated heterocycles. The number of carboxylic acids is 1. The van der Waals surface area contributed by atoms with Crippen LogP contribution in [0.4, 0.5) is 5.69 Å². The molecule has 0 bridgehead atoms. The predicted octanol–water partition coefficient (Wildman–Crippen LogP) is 5.92. The summed E-state index contributed by atoms with van der Waals surface area (Å²) in [6.07, 6.45) is 1.72. The van der Waals surface area contributed by atoms with Crippen molar-refractivity contribution in [3.8, 4) is 5.75 Å². The number of benzene rings is 3. The molecule has 1 heterocycles. The number of carboxylic acid groups (broad SMARTS) is 1. The Morgan fingerprint density at radius 3 is 2.48 bits per heavy atom. The highest BCUT2D eigenvalue weighted by atomic mass is 35.5. The van der Waals surface area contributed by atoms with E-state index < -0.39 is 11.9 Å². The van der Waals surface area contributed by atoms with E-state index in [1.165, 1.54) is 0 Å². The Balaban J connectivity index is 1.47. The number of amides is 1. The van der Waals surface area contributed by atoms with Gasteiger partial charge < -0.3 is 14.7 Å². The van der Waals surface area contributed by atoms with E-state index in [0.29, 0.717) is 36.5 Å². The van der Waals surface area contributed by atoms with Gasteiger partial charge in [-0.2, -0.15) is 0 Å². The zero-order chi connectivity index (χ0) is 22.9. The molecule has 33 heavy (non-hydrogen) atoms. The lowest BCUT2D eigenvalue weighted by Crippen LogP contribution is -2.42. The molecule has 1 aliphatic carbocycles. The van der Waals surface area contributed by atoms with E-state index in [1.54, 1.807) is 24.3 Å². The fourth-order valence-electron chi connectivity index (χ4n) is 5.07. The van der Waals surface area contributed by atoms with Crippen LogP contribution in [0.3, 0.4) is 0 Å². The lowest BCUT2D eigenvalue weighted by atomic mass is 9.76. The summed E-state index contributed by atoms with van der Waals surface area (Å²) in [5, 5.41) is 10.2. The van der Waals surface area contributed by atoms with Gasteiger partial charge in [-0.15, -0.1) is 0 Å². The summed E-state index contributed by atoms with van der Waals surface area (Å²) in [5.41, 5.74) is 3.46. The Kier molecular flexibility index (Phi) is 5.81. The van der Waals surface area contributed by atoms with E-state index in [0.717, 1.165) is 22.6 Å². The second-order valence-corrected chi connectivity index (χ2v) is 9.14. The molecule has 0 radical (unpaired) electrons. The zero-order valence-electron chi connectivity index (χ0n) is 18.0. The number of hydrogen-bond donors (Lipinski definition) is 1. The first-order valence-corrected chi connectivity index (χ1v) is 11.5. The summed E-state index contributed by atoms with van der Waals surface area (Å²) in [6, 6.07) is 22.6. The van der Waals surface area contributed by atoms with Gasteiger partial charge in [0.2, 0.25) is 0 Å². The van der Waals surface area contributed by atoms with E-state index in [4.69, 9.17) is 16.3 Å². The van der Waals surface area contributed by atoms with Crippen molar-refractivity contribution in [3.63, 3.8) is 0 Å². The summed E-state index contributed by atoms with van der Waals surface area (Å²) >= 11 is 6.01. The molecule has 6 heteroatoms. The van der Waals surface area contributed by atoms with Gasteiger partial charge in [-0.25, -0.2) is 0 Å². The molecule has 1 aliphatic heterocycles. The minimum absolute atomic E-state index is 0.0358. The summed E-state index contributed by atoms with van der Waals surface area (Å²) < 4.78 is 6.03. The molecule has 2 aliphatic rings. The number of halogens is 1. The van der Waals surface area contributed by atoms with Gasteiger partial charge >= 0.3 is 5.97 Å². The largest absolute Gasteiger partial charge is 0.489 e. The molecule has 3 unspecified atom stereocenters. The maximum atomic E-state index is 13.5. The van der Waals surface area contributed by atoms with Crippen molar-refractivity contribution in [3.05, 3.63) is 94.5 Å². The molecular weight excluding hydrogens is 438 g/mol. The first-order valence-electron chi connectivity index (χ1n) is 11.1. The monoisotopic (exact) mass is 461 g/mol. The third-order valence-corrected chi connectivity index (χ3v) is 6.96. The zero-order valence-corrected chi connectivity index (χ0v) is 18.7. The number of rotatable bonds is 5. The number of anilines is 1. The first kappa shape index (κ1) is 21.5. The molecule has 5 rings (SSSR count). The lowest BCUT2D eigenvalue weighted by molar-refractivity contribution is -0.143. The third kappa shape index (κ3) is 4.21. The number of hydrogen-bond acceptors (Lipinski definition) is 3. The minimum Gasteiger partial charge on any atom is -0.489 e. The highest BCUT2D eigenvalue weighted by Crippen LogP contribution is 2.50. The normalized spacial score (nSPS) is 21.2. The van der Waals surface area contributed by atoms with Crippen LogP contribution in [-0.4, -0.2) is 23.0 Å². The second-order valence-electron chi connectivity index (χ2n) is 8.70. The summed E-state index contributed by atoms with van der Waals surface area (Å²) in [5.74, 6) is -0.583. The van der Waals surface area contributed by atoms with Gasteiger partial charge in [0.25, 0.3) is 5.91 Å². The molecule has 1 fully saturated rings. The fraction of sp³-hybridized carbons (Fsp3) is 0.259. The summed E-state index contributed by atoms with van der Waals surface area (Å²) in [6.45, 7) is 0.443. The van der Waals surface area contributed by atoms with Crippen LogP contribution in [0.1, 0.15) is 46.7 Å². The van der Waals surface area contributed by atoms with Crippen LogP contribution in [-0.2, 0) is 11.4 Å². The predicted molar refractivity (Wildman–Crippen MR) is 127 cm³/mol. The fourth-order valence-corrected chi connectivity index (χ4v) is 5.20. The molecule has 1 amide bonds. The first-order chi connectivity index (χ1) is 16.0. The van der Waals surface area contributed by atoms with Crippen molar-refractivity contribution in [2.45, 2.75) is 37.8 Å². The number of carbonyl (C=O) groups excluding carboxylic acids is 1. The van der Waals surface area contributed by atoms with Crippen molar-refractivity contribution in [2.24, 2.45) is 5.92 Å². The van der Waals surface area contributed by atoms with Crippen LogP contribution >= 0.6 is 11.6 Å². The molecule has 0 aromatic heterocycles. The lowest BCUT2D eigenvalue weighted by Gasteiger charge is -2.34. The van der Waals surface area contributed by atoms with Crippen LogP contribution in [0, 0.1) is 5.92 Å². The van der Waals surface area contributed by atoms with Crippen LogP contribution < -0.4 is 9.64 Å². The van der Waals surface area contributed by atoms with E-state index in [1.807, 2.05) is 53.4 Å². The molecule has 3 aromatic carbocycles. The molecule has 168 valence electrons. The number of ether oxygens (including phenoxy) is 1. The van der Waals surface area contributed by atoms with Gasteiger partial charge in [0.1, 0.15) is 12.4 Å². The van der Waals surface area contributed by atoms with Crippen LogP contribution in [0.2, 0.25) is 5.02 Å². The molecule has 3 atom stereocenters. The van der Waals surface area contributed by atoms with Crippen LogP contribution in [0.25, 0.3) is 0 Å². The Morgan fingerprint density at radius 2 is 1.76 bits per heavy atom. The summed E-state index contributed by atoms with van der Waals surface area (Å²) in [4.78, 5) is 27.1. The molecule has 1 N–H and O–H groups in total. The van der Waals surface area contributed by atoms with E-state index in [9.17, 15) is 14.7 Å². The topological polar surface area (TPSA) is 66.8 Å². The Hall–Kier alpha value is -3.31. The average Bonchev–Trinajstić information content (AvgIpc) is 3.16. The van der Waals surface area contributed by atoms with E-state index >= 15 is 0 Å². The number of aliphatic carboxylic acids is 1. The molecule has 0 spiro atoms. The minimum atomic E-state index is -0.769. The second kappa shape index (κ2) is 8.91. The van der Waals surface area contributed by atoms with Gasteiger partial charge in [-0.05, 0) is 72.9 Å². The molecule has 1 saturated carbocycles. The van der Waals surface area contributed by atoms with Crippen molar-refractivity contribution in [1.82, 2.24) is 0 Å². The maximum absolute atomic E-state index is 13.5.